The molecule has 0 aromatic heterocycles. The van der Waals surface area contributed by atoms with Crippen LogP contribution in [0.2, 0.25) is 0 Å². The van der Waals surface area contributed by atoms with Crippen LogP contribution >= 0.6 is 24.0 Å². The van der Waals surface area contributed by atoms with E-state index in [1.807, 2.05) is 18.2 Å². The summed E-state index contributed by atoms with van der Waals surface area (Å²) in [5.74, 6) is 1.30. The van der Waals surface area contributed by atoms with Crippen molar-refractivity contribution in [3.8, 4) is 0 Å². The number of carbonyl (C=O) groups excluding carboxylic acids is 1. The summed E-state index contributed by atoms with van der Waals surface area (Å²) >= 11 is 0. The van der Waals surface area contributed by atoms with Gasteiger partial charge in [0, 0.05) is 25.2 Å². The van der Waals surface area contributed by atoms with Gasteiger partial charge < -0.3 is 16.4 Å². The Labute approximate surface area is 174 Å². The van der Waals surface area contributed by atoms with Gasteiger partial charge in [0.15, 0.2) is 5.96 Å². The molecule has 1 aliphatic carbocycles. The van der Waals surface area contributed by atoms with E-state index in [4.69, 9.17) is 5.73 Å². The van der Waals surface area contributed by atoms with Crippen molar-refractivity contribution in [2.75, 3.05) is 7.05 Å². The number of nitrogens with zero attached hydrogens (tertiary/aromatic N) is 1. The lowest BCUT2D eigenvalue weighted by atomic mass is 9.85. The molecular formula is C20H33IN4O. The minimum Gasteiger partial charge on any atom is -0.366 e. The molecule has 4 N–H and O–H groups in total. The average molecular weight is 472 g/mol. The van der Waals surface area contributed by atoms with Crippen molar-refractivity contribution in [1.82, 2.24) is 10.6 Å². The summed E-state index contributed by atoms with van der Waals surface area (Å²) in [5, 5.41) is 6.77. The summed E-state index contributed by atoms with van der Waals surface area (Å²) in [6.07, 6.45) is 9.48. The fourth-order valence-electron chi connectivity index (χ4n) is 3.48. The zero-order chi connectivity index (χ0) is 18.1. The first-order valence-electron chi connectivity index (χ1n) is 9.44. The second-order valence-electron chi connectivity index (χ2n) is 7.12. The smallest absolute Gasteiger partial charge is 0.248 e. The largest absolute Gasteiger partial charge is 0.366 e. The summed E-state index contributed by atoms with van der Waals surface area (Å²) in [4.78, 5) is 15.6. The lowest BCUT2D eigenvalue weighted by Crippen LogP contribution is -2.42. The van der Waals surface area contributed by atoms with Gasteiger partial charge in [-0.25, -0.2) is 0 Å². The van der Waals surface area contributed by atoms with E-state index >= 15 is 0 Å². The number of aliphatic imine (C=N–C) groups is 1. The van der Waals surface area contributed by atoms with E-state index in [0.29, 0.717) is 18.2 Å². The summed E-state index contributed by atoms with van der Waals surface area (Å²) in [5.41, 5.74) is 6.87. The molecule has 0 bridgehead atoms. The molecule has 1 aromatic carbocycles. The van der Waals surface area contributed by atoms with E-state index in [1.165, 1.54) is 44.9 Å². The molecular weight excluding hydrogens is 439 g/mol. The second-order valence-corrected chi connectivity index (χ2v) is 7.12. The number of rotatable bonds is 7. The summed E-state index contributed by atoms with van der Waals surface area (Å²) < 4.78 is 0. The Balaban J connectivity index is 0.00000338. The average Bonchev–Trinajstić information content (AvgIpc) is 2.64. The predicted octanol–water partition coefficient (Wildman–Crippen LogP) is 3.82. The number of benzene rings is 1. The van der Waals surface area contributed by atoms with E-state index in [0.717, 1.165) is 17.4 Å². The summed E-state index contributed by atoms with van der Waals surface area (Å²) in [7, 11) is 1.78. The SMILES string of the molecule is CN=C(NCc1cccc(C(N)=O)c1)NC(C)CCC1CCCCC1.I. The van der Waals surface area contributed by atoms with Gasteiger partial charge in [0.2, 0.25) is 5.91 Å². The van der Waals surface area contributed by atoms with Crippen molar-refractivity contribution in [1.29, 1.82) is 0 Å². The minimum absolute atomic E-state index is 0. The Morgan fingerprint density at radius 1 is 1.31 bits per heavy atom. The summed E-state index contributed by atoms with van der Waals surface area (Å²) in [6, 6.07) is 7.76. The molecule has 1 aliphatic rings. The third-order valence-corrected chi connectivity index (χ3v) is 5.01. The molecule has 0 aliphatic heterocycles. The van der Waals surface area contributed by atoms with Crippen LogP contribution in [0.25, 0.3) is 0 Å². The number of hydrogen-bond acceptors (Lipinski definition) is 2. The first-order chi connectivity index (χ1) is 12.1. The highest BCUT2D eigenvalue weighted by Crippen LogP contribution is 2.27. The van der Waals surface area contributed by atoms with E-state index < -0.39 is 5.91 Å². The van der Waals surface area contributed by atoms with Gasteiger partial charge in [-0.15, -0.1) is 24.0 Å². The highest BCUT2D eigenvalue weighted by Gasteiger charge is 2.15. The maximum atomic E-state index is 11.3. The molecule has 1 atom stereocenters. The fourth-order valence-corrected chi connectivity index (χ4v) is 3.48. The molecule has 6 heteroatoms. The Morgan fingerprint density at radius 3 is 2.69 bits per heavy atom. The third-order valence-electron chi connectivity index (χ3n) is 5.01. The lowest BCUT2D eigenvalue weighted by molar-refractivity contribution is 0.1000. The normalized spacial score (nSPS) is 16.5. The molecule has 1 unspecified atom stereocenters. The molecule has 2 rings (SSSR count). The molecule has 1 saturated carbocycles. The number of nitrogens with one attached hydrogen (secondary N) is 2. The van der Waals surface area contributed by atoms with Crippen molar-refractivity contribution in [3.63, 3.8) is 0 Å². The van der Waals surface area contributed by atoms with Gasteiger partial charge in [0.25, 0.3) is 0 Å². The molecule has 1 amide bonds. The quantitative estimate of drug-likeness (QED) is 0.321. The first-order valence-corrected chi connectivity index (χ1v) is 9.44. The molecule has 0 heterocycles. The molecule has 0 radical (unpaired) electrons. The Kier molecular flexibility index (Phi) is 10.6. The molecule has 5 nitrogen and oxygen atoms in total. The van der Waals surface area contributed by atoms with Crippen LogP contribution in [0.3, 0.4) is 0 Å². The van der Waals surface area contributed by atoms with Crippen molar-refractivity contribution >= 4 is 35.8 Å². The van der Waals surface area contributed by atoms with Crippen LogP contribution in [0.1, 0.15) is 67.8 Å². The molecule has 146 valence electrons. The van der Waals surface area contributed by atoms with Crippen LogP contribution in [0, 0.1) is 5.92 Å². The third kappa shape index (κ3) is 7.93. The number of guanidine groups is 1. The van der Waals surface area contributed by atoms with Crippen molar-refractivity contribution in [3.05, 3.63) is 35.4 Å². The number of amides is 1. The highest BCUT2D eigenvalue weighted by atomic mass is 127. The number of hydrogen-bond donors (Lipinski definition) is 3. The molecule has 1 fully saturated rings. The van der Waals surface area contributed by atoms with Crippen molar-refractivity contribution < 1.29 is 4.79 Å². The number of primary amides is 1. The minimum atomic E-state index is -0.402. The lowest BCUT2D eigenvalue weighted by Gasteiger charge is -2.24. The van der Waals surface area contributed by atoms with Gasteiger partial charge in [-0.3, -0.25) is 9.79 Å². The van der Waals surface area contributed by atoms with Crippen LogP contribution in [-0.2, 0) is 6.54 Å². The molecule has 1 aromatic rings. The van der Waals surface area contributed by atoms with E-state index in [2.05, 4.69) is 22.5 Å². The zero-order valence-electron chi connectivity index (χ0n) is 16.0. The number of halogens is 1. The maximum Gasteiger partial charge on any atom is 0.248 e. The summed E-state index contributed by atoms with van der Waals surface area (Å²) in [6.45, 7) is 2.82. The van der Waals surface area contributed by atoms with Gasteiger partial charge in [0.1, 0.15) is 0 Å². The number of carbonyl (C=O) groups is 1. The van der Waals surface area contributed by atoms with Gasteiger partial charge in [-0.1, -0.05) is 44.2 Å². The molecule has 26 heavy (non-hydrogen) atoms. The van der Waals surface area contributed by atoms with Crippen LogP contribution in [0.5, 0.6) is 0 Å². The Bertz CT molecular complexity index is 585. The Hall–Kier alpha value is -1.31. The van der Waals surface area contributed by atoms with Crippen LogP contribution in [0.15, 0.2) is 29.3 Å². The second kappa shape index (κ2) is 12.1. The van der Waals surface area contributed by atoms with Gasteiger partial charge in [-0.05, 0) is 43.4 Å². The predicted molar refractivity (Wildman–Crippen MR) is 119 cm³/mol. The molecule has 0 spiro atoms. The van der Waals surface area contributed by atoms with E-state index in [9.17, 15) is 4.79 Å². The monoisotopic (exact) mass is 472 g/mol. The van der Waals surface area contributed by atoms with Gasteiger partial charge in [-0.2, -0.15) is 0 Å². The highest BCUT2D eigenvalue weighted by molar-refractivity contribution is 14.0. The zero-order valence-corrected chi connectivity index (χ0v) is 18.3. The first kappa shape index (κ1) is 22.7. The van der Waals surface area contributed by atoms with Crippen LogP contribution < -0.4 is 16.4 Å². The van der Waals surface area contributed by atoms with Crippen LogP contribution in [0.4, 0.5) is 0 Å². The maximum absolute atomic E-state index is 11.3. The van der Waals surface area contributed by atoms with Gasteiger partial charge in [0.05, 0.1) is 0 Å². The Morgan fingerprint density at radius 2 is 2.04 bits per heavy atom. The molecule has 0 saturated heterocycles. The van der Waals surface area contributed by atoms with Crippen LogP contribution in [-0.4, -0.2) is 25.0 Å². The van der Waals surface area contributed by atoms with E-state index in [1.54, 1.807) is 13.1 Å². The van der Waals surface area contributed by atoms with E-state index in [-0.39, 0.29) is 24.0 Å². The van der Waals surface area contributed by atoms with Crippen molar-refractivity contribution in [2.24, 2.45) is 16.6 Å². The fraction of sp³-hybridized carbons (Fsp3) is 0.600. The van der Waals surface area contributed by atoms with Gasteiger partial charge >= 0.3 is 0 Å². The number of nitrogens with two attached hydrogens (primary N) is 1. The standard InChI is InChI=1S/C20H32N4O.HI/c1-15(11-12-16-7-4-3-5-8-16)24-20(22-2)23-14-17-9-6-10-18(13-17)19(21)25;/h6,9-10,13,15-16H,3-5,7-8,11-12,14H2,1-2H3,(H2,21,25)(H2,22,23,24);1H. The van der Waals surface area contributed by atoms with Crippen molar-refractivity contribution in [2.45, 2.75) is 64.5 Å². The topological polar surface area (TPSA) is 79.5 Å².